The molecule has 96 valence electrons. The lowest BCUT2D eigenvalue weighted by Gasteiger charge is -2.17. The standard InChI is InChI=1S/C17H23N/c1-10-4-3-5-12(8-10)11(2)18-17-15-13-6-7-14(9-13)16(15)17/h3-5,8,11,13-18H,6-7,9H2,1-2H3. The molecule has 3 saturated carbocycles. The quantitative estimate of drug-likeness (QED) is 0.851. The lowest BCUT2D eigenvalue weighted by molar-refractivity contribution is 0.433. The highest BCUT2D eigenvalue weighted by molar-refractivity contribution is 5.26. The molecule has 1 aromatic rings. The Hall–Kier alpha value is -0.820. The summed E-state index contributed by atoms with van der Waals surface area (Å²) in [5.41, 5.74) is 2.82. The van der Waals surface area contributed by atoms with Crippen LogP contribution in [0, 0.1) is 30.6 Å². The number of benzene rings is 1. The summed E-state index contributed by atoms with van der Waals surface area (Å²) in [6, 6.07) is 10.3. The first-order valence-corrected chi connectivity index (χ1v) is 7.56. The van der Waals surface area contributed by atoms with Gasteiger partial charge in [0.25, 0.3) is 0 Å². The van der Waals surface area contributed by atoms with Crippen LogP contribution in [0.3, 0.4) is 0 Å². The Morgan fingerprint density at radius 3 is 2.56 bits per heavy atom. The molecule has 0 aliphatic heterocycles. The molecule has 0 heterocycles. The topological polar surface area (TPSA) is 12.0 Å². The van der Waals surface area contributed by atoms with E-state index in [4.69, 9.17) is 0 Å². The second-order valence-electron chi connectivity index (χ2n) is 6.82. The van der Waals surface area contributed by atoms with Gasteiger partial charge in [-0.25, -0.2) is 0 Å². The highest BCUT2D eigenvalue weighted by atomic mass is 15.0. The van der Waals surface area contributed by atoms with Crippen LogP contribution in [-0.4, -0.2) is 6.04 Å². The Balaban J connectivity index is 1.44. The zero-order chi connectivity index (χ0) is 12.3. The number of rotatable bonds is 3. The largest absolute Gasteiger partial charge is 0.307 e. The average molecular weight is 241 g/mol. The van der Waals surface area contributed by atoms with Crippen LogP contribution in [0.5, 0.6) is 0 Å². The number of hydrogen-bond acceptors (Lipinski definition) is 1. The summed E-state index contributed by atoms with van der Waals surface area (Å²) in [7, 11) is 0. The highest BCUT2D eigenvalue weighted by Crippen LogP contribution is 2.65. The predicted molar refractivity (Wildman–Crippen MR) is 74.3 cm³/mol. The van der Waals surface area contributed by atoms with Crippen molar-refractivity contribution in [3.63, 3.8) is 0 Å². The van der Waals surface area contributed by atoms with Gasteiger partial charge >= 0.3 is 0 Å². The van der Waals surface area contributed by atoms with E-state index < -0.39 is 0 Å². The maximum atomic E-state index is 3.90. The van der Waals surface area contributed by atoms with Crippen molar-refractivity contribution >= 4 is 0 Å². The first-order valence-electron chi connectivity index (χ1n) is 7.56. The summed E-state index contributed by atoms with van der Waals surface area (Å²) in [6.45, 7) is 4.51. The molecule has 1 N–H and O–H groups in total. The van der Waals surface area contributed by atoms with Crippen LogP contribution in [0.15, 0.2) is 24.3 Å². The molecule has 3 fully saturated rings. The first-order chi connectivity index (χ1) is 8.74. The van der Waals surface area contributed by atoms with Crippen LogP contribution < -0.4 is 5.32 Å². The minimum absolute atomic E-state index is 0.514. The van der Waals surface area contributed by atoms with Crippen LogP contribution in [0.2, 0.25) is 0 Å². The van der Waals surface area contributed by atoms with E-state index in [1.807, 2.05) is 0 Å². The third kappa shape index (κ3) is 1.56. The molecule has 0 spiro atoms. The molecule has 0 radical (unpaired) electrons. The molecule has 4 rings (SSSR count). The van der Waals surface area contributed by atoms with Crippen LogP contribution in [-0.2, 0) is 0 Å². The van der Waals surface area contributed by atoms with Crippen molar-refractivity contribution in [1.82, 2.24) is 5.32 Å². The summed E-state index contributed by atoms with van der Waals surface area (Å²) in [5, 5.41) is 3.90. The van der Waals surface area contributed by atoms with E-state index in [1.165, 1.54) is 24.0 Å². The number of nitrogens with one attached hydrogen (secondary N) is 1. The molecule has 0 aromatic heterocycles. The summed E-state index contributed by atoms with van der Waals surface area (Å²) >= 11 is 0. The minimum Gasteiger partial charge on any atom is -0.307 e. The van der Waals surface area contributed by atoms with Crippen LogP contribution >= 0.6 is 0 Å². The number of hydrogen-bond donors (Lipinski definition) is 1. The third-order valence-corrected chi connectivity index (χ3v) is 5.72. The number of aryl methyl sites for hydroxylation is 1. The Morgan fingerprint density at radius 2 is 1.89 bits per heavy atom. The van der Waals surface area contributed by atoms with Gasteiger partial charge < -0.3 is 5.32 Å². The molecule has 1 aromatic carbocycles. The molecule has 0 saturated heterocycles. The lowest BCUT2D eigenvalue weighted by Crippen LogP contribution is -2.26. The molecule has 3 aliphatic rings. The van der Waals surface area contributed by atoms with E-state index in [-0.39, 0.29) is 0 Å². The molecule has 3 aliphatic carbocycles. The third-order valence-electron chi connectivity index (χ3n) is 5.72. The zero-order valence-electron chi connectivity index (χ0n) is 11.4. The van der Waals surface area contributed by atoms with Gasteiger partial charge in [-0.05, 0) is 62.3 Å². The van der Waals surface area contributed by atoms with Gasteiger partial charge in [-0.3, -0.25) is 0 Å². The van der Waals surface area contributed by atoms with E-state index in [9.17, 15) is 0 Å². The van der Waals surface area contributed by atoms with Gasteiger partial charge in [0.15, 0.2) is 0 Å². The van der Waals surface area contributed by atoms with Gasteiger partial charge in [-0.1, -0.05) is 29.8 Å². The molecule has 1 heteroatoms. The summed E-state index contributed by atoms with van der Waals surface area (Å²) in [5.74, 6) is 4.22. The molecular formula is C17H23N. The Labute approximate surface area is 110 Å². The van der Waals surface area contributed by atoms with Gasteiger partial charge in [0.05, 0.1) is 0 Å². The van der Waals surface area contributed by atoms with E-state index in [2.05, 4.69) is 43.4 Å². The van der Waals surface area contributed by atoms with Crippen molar-refractivity contribution in [2.45, 2.75) is 45.2 Å². The smallest absolute Gasteiger partial charge is 0.0294 e. The summed E-state index contributed by atoms with van der Waals surface area (Å²) < 4.78 is 0. The SMILES string of the molecule is Cc1cccc(C(C)NC2C3C4CCC(C4)C23)c1. The van der Waals surface area contributed by atoms with Crippen molar-refractivity contribution < 1.29 is 0 Å². The Bertz CT molecular complexity index is 450. The van der Waals surface area contributed by atoms with Crippen molar-refractivity contribution in [2.24, 2.45) is 23.7 Å². The maximum absolute atomic E-state index is 3.90. The Kier molecular flexibility index (Phi) is 2.35. The molecular weight excluding hydrogens is 218 g/mol. The van der Waals surface area contributed by atoms with Gasteiger partial charge in [-0.2, -0.15) is 0 Å². The van der Waals surface area contributed by atoms with Gasteiger partial charge in [0, 0.05) is 12.1 Å². The highest BCUT2D eigenvalue weighted by Gasteiger charge is 2.64. The zero-order valence-corrected chi connectivity index (χ0v) is 11.4. The Morgan fingerprint density at radius 1 is 1.17 bits per heavy atom. The van der Waals surface area contributed by atoms with Gasteiger partial charge in [0.2, 0.25) is 0 Å². The minimum atomic E-state index is 0.514. The maximum Gasteiger partial charge on any atom is 0.0294 e. The fourth-order valence-electron chi connectivity index (χ4n) is 4.87. The van der Waals surface area contributed by atoms with E-state index in [0.29, 0.717) is 6.04 Å². The number of fused-ring (bicyclic) bond motifs is 5. The van der Waals surface area contributed by atoms with Gasteiger partial charge in [-0.15, -0.1) is 0 Å². The predicted octanol–water partition coefficient (Wildman–Crippen LogP) is 3.69. The van der Waals surface area contributed by atoms with Crippen molar-refractivity contribution in [3.8, 4) is 0 Å². The van der Waals surface area contributed by atoms with Crippen LogP contribution in [0.25, 0.3) is 0 Å². The first kappa shape index (κ1) is 11.0. The summed E-state index contributed by atoms with van der Waals surface area (Å²) in [6.07, 6.45) is 4.58. The van der Waals surface area contributed by atoms with Crippen molar-refractivity contribution in [1.29, 1.82) is 0 Å². The second-order valence-corrected chi connectivity index (χ2v) is 6.82. The van der Waals surface area contributed by atoms with Crippen LogP contribution in [0.4, 0.5) is 0 Å². The lowest BCUT2D eigenvalue weighted by atomic mass is 10.0. The van der Waals surface area contributed by atoms with Gasteiger partial charge in [0.1, 0.15) is 0 Å². The average Bonchev–Trinajstić information content (AvgIpc) is 2.77. The molecule has 5 atom stereocenters. The molecule has 0 amide bonds. The van der Waals surface area contributed by atoms with E-state index in [0.717, 1.165) is 29.7 Å². The van der Waals surface area contributed by atoms with Crippen molar-refractivity contribution in [3.05, 3.63) is 35.4 Å². The van der Waals surface area contributed by atoms with E-state index >= 15 is 0 Å². The summed E-state index contributed by atoms with van der Waals surface area (Å²) in [4.78, 5) is 0. The molecule has 18 heavy (non-hydrogen) atoms. The molecule has 5 unspecified atom stereocenters. The van der Waals surface area contributed by atoms with Crippen molar-refractivity contribution in [2.75, 3.05) is 0 Å². The molecule has 2 bridgehead atoms. The van der Waals surface area contributed by atoms with Crippen LogP contribution in [0.1, 0.15) is 43.4 Å². The second kappa shape index (κ2) is 3.84. The molecule has 1 nitrogen and oxygen atoms in total. The fraction of sp³-hybridized carbons (Fsp3) is 0.647. The fourth-order valence-corrected chi connectivity index (χ4v) is 4.87. The van der Waals surface area contributed by atoms with E-state index in [1.54, 1.807) is 6.42 Å². The normalized spacial score (nSPS) is 41.8. The monoisotopic (exact) mass is 241 g/mol.